The molecule has 80 valence electrons. The molecule has 15 heavy (non-hydrogen) atoms. The number of esters is 1. The van der Waals surface area contributed by atoms with Crippen LogP contribution in [0.5, 0.6) is 0 Å². The van der Waals surface area contributed by atoms with Crippen molar-refractivity contribution in [3.05, 3.63) is 35.9 Å². The van der Waals surface area contributed by atoms with E-state index >= 15 is 0 Å². The van der Waals surface area contributed by atoms with E-state index in [2.05, 4.69) is 0 Å². The first-order valence-corrected chi connectivity index (χ1v) is 4.99. The van der Waals surface area contributed by atoms with Crippen LogP contribution in [0, 0.1) is 11.3 Å². The average Bonchev–Trinajstić information content (AvgIpc) is 2.29. The highest BCUT2D eigenvalue weighted by atomic mass is 16.5. The standard InChI is InChI=1S/C12H15NO2/c1-2-11(8-13)12(14)15-9-10-6-4-3-5-7-10/h3-8,11,13H,2,9H2,1H3/t11-/m0/s1. The first kappa shape index (κ1) is 11.4. The van der Waals surface area contributed by atoms with Gasteiger partial charge in [-0.25, -0.2) is 0 Å². The van der Waals surface area contributed by atoms with E-state index < -0.39 is 5.92 Å². The van der Waals surface area contributed by atoms with Crippen LogP contribution in [0.2, 0.25) is 0 Å². The fourth-order valence-electron chi connectivity index (χ4n) is 1.19. The van der Waals surface area contributed by atoms with Gasteiger partial charge in [-0.05, 0) is 12.0 Å². The molecule has 0 radical (unpaired) electrons. The zero-order valence-corrected chi connectivity index (χ0v) is 8.77. The first-order valence-electron chi connectivity index (χ1n) is 4.99. The summed E-state index contributed by atoms with van der Waals surface area (Å²) in [4.78, 5) is 11.4. The second-order valence-electron chi connectivity index (χ2n) is 3.27. The Bertz CT molecular complexity index is 322. The Morgan fingerprint density at radius 1 is 1.47 bits per heavy atom. The molecule has 1 aromatic carbocycles. The van der Waals surface area contributed by atoms with E-state index in [1.807, 2.05) is 37.3 Å². The van der Waals surface area contributed by atoms with Gasteiger partial charge in [0.2, 0.25) is 0 Å². The molecule has 0 saturated heterocycles. The highest BCUT2D eigenvalue weighted by Crippen LogP contribution is 2.06. The molecule has 3 heteroatoms. The van der Waals surface area contributed by atoms with Crippen molar-refractivity contribution in [2.45, 2.75) is 20.0 Å². The molecule has 1 N–H and O–H groups in total. The van der Waals surface area contributed by atoms with Crippen molar-refractivity contribution < 1.29 is 9.53 Å². The molecule has 0 saturated carbocycles. The van der Waals surface area contributed by atoms with Crippen LogP contribution in [0.3, 0.4) is 0 Å². The molecule has 0 aliphatic heterocycles. The molecule has 0 spiro atoms. The molecule has 0 unspecified atom stereocenters. The summed E-state index contributed by atoms with van der Waals surface area (Å²) >= 11 is 0. The van der Waals surface area contributed by atoms with Gasteiger partial charge < -0.3 is 10.1 Å². The summed E-state index contributed by atoms with van der Waals surface area (Å²) in [6, 6.07) is 9.52. The van der Waals surface area contributed by atoms with Gasteiger partial charge in [-0.15, -0.1) is 0 Å². The maximum Gasteiger partial charge on any atom is 0.314 e. The maximum absolute atomic E-state index is 11.4. The Morgan fingerprint density at radius 3 is 2.67 bits per heavy atom. The fourth-order valence-corrected chi connectivity index (χ4v) is 1.19. The van der Waals surface area contributed by atoms with E-state index in [-0.39, 0.29) is 12.6 Å². The fraction of sp³-hybridized carbons (Fsp3) is 0.333. The lowest BCUT2D eigenvalue weighted by atomic mass is 10.1. The molecular formula is C12H15NO2. The molecule has 0 aliphatic rings. The van der Waals surface area contributed by atoms with E-state index in [1.54, 1.807) is 0 Å². The van der Waals surface area contributed by atoms with Crippen LogP contribution in [0.15, 0.2) is 30.3 Å². The molecule has 0 bridgehead atoms. The van der Waals surface area contributed by atoms with Crippen LogP contribution in [0.1, 0.15) is 18.9 Å². The van der Waals surface area contributed by atoms with E-state index in [9.17, 15) is 4.79 Å². The Balaban J connectivity index is 2.44. The quantitative estimate of drug-likeness (QED) is 0.592. The van der Waals surface area contributed by atoms with Gasteiger partial charge in [0.1, 0.15) is 6.61 Å². The third kappa shape index (κ3) is 3.54. The van der Waals surface area contributed by atoms with Gasteiger partial charge in [0, 0.05) is 6.21 Å². The van der Waals surface area contributed by atoms with Crippen LogP contribution in [-0.4, -0.2) is 12.2 Å². The minimum atomic E-state index is -0.409. The number of carbonyl (C=O) groups excluding carboxylic acids is 1. The number of carbonyl (C=O) groups is 1. The molecule has 1 rings (SSSR count). The molecule has 3 nitrogen and oxygen atoms in total. The predicted octanol–water partition coefficient (Wildman–Crippen LogP) is 2.41. The van der Waals surface area contributed by atoms with Crippen LogP contribution >= 0.6 is 0 Å². The van der Waals surface area contributed by atoms with Gasteiger partial charge in [0.15, 0.2) is 0 Å². The molecule has 0 amide bonds. The lowest BCUT2D eigenvalue weighted by Crippen LogP contribution is -2.17. The molecule has 1 aromatic rings. The van der Waals surface area contributed by atoms with Gasteiger partial charge in [-0.2, -0.15) is 0 Å². The highest BCUT2D eigenvalue weighted by Gasteiger charge is 2.14. The molecule has 0 fully saturated rings. The topological polar surface area (TPSA) is 50.2 Å². The number of nitrogens with one attached hydrogen (secondary N) is 1. The number of ether oxygens (including phenoxy) is 1. The van der Waals surface area contributed by atoms with Crippen LogP contribution < -0.4 is 0 Å². The SMILES string of the molecule is CC[C@@H](C=N)C(=O)OCc1ccccc1. The smallest absolute Gasteiger partial charge is 0.314 e. The maximum atomic E-state index is 11.4. The number of hydrogen-bond acceptors (Lipinski definition) is 3. The van der Waals surface area contributed by atoms with E-state index in [1.165, 1.54) is 0 Å². The van der Waals surface area contributed by atoms with Crippen LogP contribution in [-0.2, 0) is 16.1 Å². The summed E-state index contributed by atoms with van der Waals surface area (Å²) in [6.07, 6.45) is 1.74. The zero-order chi connectivity index (χ0) is 11.1. The van der Waals surface area contributed by atoms with Crippen molar-refractivity contribution in [1.29, 1.82) is 5.41 Å². The second-order valence-corrected chi connectivity index (χ2v) is 3.27. The molecule has 0 aliphatic carbocycles. The van der Waals surface area contributed by atoms with Crippen molar-refractivity contribution in [3.8, 4) is 0 Å². The monoisotopic (exact) mass is 205 g/mol. The van der Waals surface area contributed by atoms with Crippen molar-refractivity contribution in [2.75, 3.05) is 0 Å². The summed E-state index contributed by atoms with van der Waals surface area (Å²) in [5.74, 6) is -0.731. The van der Waals surface area contributed by atoms with Gasteiger partial charge in [-0.1, -0.05) is 37.3 Å². The summed E-state index contributed by atoms with van der Waals surface area (Å²) in [7, 11) is 0. The largest absolute Gasteiger partial charge is 0.460 e. The lowest BCUT2D eigenvalue weighted by molar-refractivity contribution is -0.147. The van der Waals surface area contributed by atoms with Gasteiger partial charge in [0.25, 0.3) is 0 Å². The summed E-state index contributed by atoms with van der Waals surface area (Å²) < 4.78 is 5.08. The van der Waals surface area contributed by atoms with Crippen molar-refractivity contribution >= 4 is 12.2 Å². The molecular weight excluding hydrogens is 190 g/mol. The Hall–Kier alpha value is -1.64. The van der Waals surface area contributed by atoms with Gasteiger partial charge in [0.05, 0.1) is 5.92 Å². The summed E-state index contributed by atoms with van der Waals surface area (Å²) in [5.41, 5.74) is 0.964. The van der Waals surface area contributed by atoms with Gasteiger partial charge in [-0.3, -0.25) is 4.79 Å². The third-order valence-electron chi connectivity index (χ3n) is 2.17. The zero-order valence-electron chi connectivity index (χ0n) is 8.77. The third-order valence-corrected chi connectivity index (χ3v) is 2.17. The number of benzene rings is 1. The van der Waals surface area contributed by atoms with Crippen molar-refractivity contribution in [3.63, 3.8) is 0 Å². The normalized spacial score (nSPS) is 11.8. The Labute approximate surface area is 89.6 Å². The van der Waals surface area contributed by atoms with Crippen LogP contribution in [0.4, 0.5) is 0 Å². The predicted molar refractivity (Wildman–Crippen MR) is 58.8 cm³/mol. The highest BCUT2D eigenvalue weighted by molar-refractivity contribution is 5.88. The average molecular weight is 205 g/mol. The second kappa shape index (κ2) is 5.96. The lowest BCUT2D eigenvalue weighted by Gasteiger charge is -2.09. The van der Waals surface area contributed by atoms with Crippen molar-refractivity contribution in [2.24, 2.45) is 5.92 Å². The molecule has 0 aromatic heterocycles. The Morgan fingerprint density at radius 2 is 2.13 bits per heavy atom. The number of hydrogen-bond donors (Lipinski definition) is 1. The van der Waals surface area contributed by atoms with E-state index in [4.69, 9.17) is 10.1 Å². The minimum Gasteiger partial charge on any atom is -0.460 e. The summed E-state index contributed by atoms with van der Waals surface area (Å²) in [6.45, 7) is 2.14. The van der Waals surface area contributed by atoms with Crippen molar-refractivity contribution in [1.82, 2.24) is 0 Å². The van der Waals surface area contributed by atoms with Gasteiger partial charge >= 0.3 is 5.97 Å². The molecule has 0 heterocycles. The Kier molecular flexibility index (Phi) is 4.54. The first-order chi connectivity index (χ1) is 7.27. The van der Waals surface area contributed by atoms with Crippen LogP contribution in [0.25, 0.3) is 0 Å². The minimum absolute atomic E-state index is 0.282. The van der Waals surface area contributed by atoms with E-state index in [0.29, 0.717) is 6.42 Å². The molecule has 1 atom stereocenters. The summed E-state index contributed by atoms with van der Waals surface area (Å²) in [5, 5.41) is 7.05. The number of rotatable bonds is 5. The van der Waals surface area contributed by atoms with E-state index in [0.717, 1.165) is 11.8 Å².